The van der Waals surface area contributed by atoms with Gasteiger partial charge in [0.1, 0.15) is 11.6 Å². The van der Waals surface area contributed by atoms with E-state index in [9.17, 15) is 9.18 Å². The van der Waals surface area contributed by atoms with Gasteiger partial charge in [0.05, 0.1) is 18.9 Å². The third-order valence-electron chi connectivity index (χ3n) is 3.57. The minimum Gasteiger partial charge on any atom is -0.497 e. The maximum absolute atomic E-state index is 13.5. The summed E-state index contributed by atoms with van der Waals surface area (Å²) >= 11 is 0. The first-order chi connectivity index (χ1) is 11.7. The zero-order valence-electron chi connectivity index (χ0n) is 13.0. The number of hydrogen-bond acceptors (Lipinski definition) is 3. The molecule has 0 aliphatic carbocycles. The van der Waals surface area contributed by atoms with Crippen molar-refractivity contribution in [2.24, 2.45) is 5.10 Å². The number of benzene rings is 3. The van der Waals surface area contributed by atoms with Gasteiger partial charge in [-0.25, -0.2) is 9.82 Å². The Hall–Kier alpha value is -3.21. The number of methoxy groups -OCH3 is 1. The number of hydrogen-bond donors (Lipinski definition) is 1. The standard InChI is InChI=1S/C19H15FN2O2/c1-24-16-9-8-14-10-13(6-7-15(14)11-16)12-21-22-19(23)17-4-2-3-5-18(17)20/h2-12H,1H3,(H,22,23)/b21-12-. The molecule has 0 fully saturated rings. The van der Waals surface area contributed by atoms with Gasteiger partial charge in [-0.3, -0.25) is 4.79 Å². The Bertz CT molecular complexity index is 922. The highest BCUT2D eigenvalue weighted by Crippen LogP contribution is 2.21. The minimum absolute atomic E-state index is 0.0414. The molecule has 0 unspecified atom stereocenters. The van der Waals surface area contributed by atoms with Crippen molar-refractivity contribution < 1.29 is 13.9 Å². The second-order valence-electron chi connectivity index (χ2n) is 5.15. The first kappa shape index (κ1) is 15.7. The van der Waals surface area contributed by atoms with Crippen LogP contribution in [-0.4, -0.2) is 19.2 Å². The molecule has 3 rings (SSSR count). The zero-order valence-corrected chi connectivity index (χ0v) is 13.0. The average Bonchev–Trinajstić information content (AvgIpc) is 2.61. The van der Waals surface area contributed by atoms with Crippen molar-refractivity contribution in [3.63, 3.8) is 0 Å². The Kier molecular flexibility index (Phi) is 4.52. The Balaban J connectivity index is 1.73. The van der Waals surface area contributed by atoms with E-state index < -0.39 is 11.7 Å². The summed E-state index contributed by atoms with van der Waals surface area (Å²) < 4.78 is 18.7. The van der Waals surface area contributed by atoms with Crippen LogP contribution < -0.4 is 10.2 Å². The smallest absolute Gasteiger partial charge is 0.274 e. The van der Waals surface area contributed by atoms with Crippen molar-refractivity contribution in [1.29, 1.82) is 0 Å². The highest BCUT2D eigenvalue weighted by atomic mass is 19.1. The van der Waals surface area contributed by atoms with E-state index in [-0.39, 0.29) is 5.56 Å². The summed E-state index contributed by atoms with van der Waals surface area (Å²) in [5, 5.41) is 5.96. The topological polar surface area (TPSA) is 50.7 Å². The van der Waals surface area contributed by atoms with E-state index in [1.807, 2.05) is 36.4 Å². The fraction of sp³-hybridized carbons (Fsp3) is 0.0526. The van der Waals surface area contributed by atoms with Gasteiger partial charge in [-0.1, -0.05) is 30.3 Å². The van der Waals surface area contributed by atoms with Gasteiger partial charge in [-0.15, -0.1) is 0 Å². The molecule has 24 heavy (non-hydrogen) atoms. The largest absolute Gasteiger partial charge is 0.497 e. The Morgan fingerprint density at radius 1 is 1.08 bits per heavy atom. The van der Waals surface area contributed by atoms with Crippen LogP contribution in [0.5, 0.6) is 5.75 Å². The summed E-state index contributed by atoms with van der Waals surface area (Å²) in [7, 11) is 1.63. The van der Waals surface area contributed by atoms with Gasteiger partial charge in [0.2, 0.25) is 0 Å². The SMILES string of the molecule is COc1ccc2cc(/C=N\NC(=O)c3ccccc3F)ccc2c1. The van der Waals surface area contributed by atoms with Gasteiger partial charge in [0, 0.05) is 0 Å². The molecular weight excluding hydrogens is 307 g/mol. The van der Waals surface area contributed by atoms with E-state index in [0.717, 1.165) is 22.1 Å². The molecule has 3 aromatic rings. The lowest BCUT2D eigenvalue weighted by atomic mass is 10.1. The van der Waals surface area contributed by atoms with E-state index in [2.05, 4.69) is 10.5 Å². The van der Waals surface area contributed by atoms with E-state index in [1.54, 1.807) is 13.2 Å². The van der Waals surface area contributed by atoms with E-state index in [0.29, 0.717) is 0 Å². The zero-order chi connectivity index (χ0) is 16.9. The van der Waals surface area contributed by atoms with E-state index in [4.69, 9.17) is 4.74 Å². The Morgan fingerprint density at radius 3 is 2.62 bits per heavy atom. The molecule has 0 radical (unpaired) electrons. The molecule has 0 atom stereocenters. The Morgan fingerprint density at radius 2 is 1.83 bits per heavy atom. The van der Waals surface area contributed by atoms with Crippen molar-refractivity contribution >= 4 is 22.9 Å². The molecule has 120 valence electrons. The number of rotatable bonds is 4. The molecule has 0 saturated carbocycles. The molecular formula is C19H15FN2O2. The lowest BCUT2D eigenvalue weighted by Gasteiger charge is -2.03. The highest BCUT2D eigenvalue weighted by Gasteiger charge is 2.09. The summed E-state index contributed by atoms with van der Waals surface area (Å²) in [6, 6.07) is 17.3. The third-order valence-corrected chi connectivity index (χ3v) is 3.57. The number of carbonyl (C=O) groups excluding carboxylic acids is 1. The van der Waals surface area contributed by atoms with E-state index in [1.165, 1.54) is 24.4 Å². The van der Waals surface area contributed by atoms with Gasteiger partial charge < -0.3 is 4.74 Å². The first-order valence-corrected chi connectivity index (χ1v) is 7.33. The van der Waals surface area contributed by atoms with Gasteiger partial charge >= 0.3 is 0 Å². The fourth-order valence-corrected chi connectivity index (χ4v) is 2.32. The number of halogens is 1. The second-order valence-corrected chi connectivity index (χ2v) is 5.15. The number of nitrogens with one attached hydrogen (secondary N) is 1. The molecule has 3 aromatic carbocycles. The van der Waals surface area contributed by atoms with Crippen molar-refractivity contribution in [1.82, 2.24) is 5.43 Å². The predicted molar refractivity (Wildman–Crippen MR) is 92.0 cm³/mol. The molecule has 4 nitrogen and oxygen atoms in total. The highest BCUT2D eigenvalue weighted by molar-refractivity contribution is 5.95. The normalized spacial score (nSPS) is 10.9. The average molecular weight is 322 g/mol. The fourth-order valence-electron chi connectivity index (χ4n) is 2.32. The van der Waals surface area contributed by atoms with Crippen molar-refractivity contribution in [2.45, 2.75) is 0 Å². The minimum atomic E-state index is -0.588. The van der Waals surface area contributed by atoms with Crippen LogP contribution in [0, 0.1) is 5.82 Å². The van der Waals surface area contributed by atoms with Crippen LogP contribution in [-0.2, 0) is 0 Å². The second kappa shape index (κ2) is 6.91. The summed E-state index contributed by atoms with van der Waals surface area (Å²) in [6.45, 7) is 0. The summed E-state index contributed by atoms with van der Waals surface area (Å²) in [6.07, 6.45) is 1.52. The number of ether oxygens (including phenoxy) is 1. The van der Waals surface area contributed by atoms with Crippen molar-refractivity contribution in [3.05, 3.63) is 77.6 Å². The monoisotopic (exact) mass is 322 g/mol. The maximum Gasteiger partial charge on any atom is 0.274 e. The number of carbonyl (C=O) groups is 1. The molecule has 0 spiro atoms. The maximum atomic E-state index is 13.5. The van der Waals surface area contributed by atoms with Gasteiger partial charge in [0.25, 0.3) is 5.91 Å². The van der Waals surface area contributed by atoms with Crippen LogP contribution in [0.2, 0.25) is 0 Å². The number of amides is 1. The van der Waals surface area contributed by atoms with Gasteiger partial charge in [-0.05, 0) is 46.7 Å². The number of nitrogens with zero attached hydrogens (tertiary/aromatic N) is 1. The molecule has 0 aromatic heterocycles. The van der Waals surface area contributed by atoms with Crippen LogP contribution >= 0.6 is 0 Å². The van der Waals surface area contributed by atoms with Gasteiger partial charge in [-0.2, -0.15) is 5.10 Å². The molecule has 0 heterocycles. The molecule has 0 bridgehead atoms. The Labute approximate surface area is 138 Å². The number of fused-ring (bicyclic) bond motifs is 1. The summed E-state index contributed by atoms with van der Waals surface area (Å²) in [4.78, 5) is 11.9. The molecule has 0 aliphatic heterocycles. The molecule has 1 N–H and O–H groups in total. The molecule has 1 amide bonds. The first-order valence-electron chi connectivity index (χ1n) is 7.33. The van der Waals surface area contributed by atoms with Gasteiger partial charge in [0.15, 0.2) is 0 Å². The van der Waals surface area contributed by atoms with E-state index >= 15 is 0 Å². The predicted octanol–water partition coefficient (Wildman–Crippen LogP) is 3.75. The number of hydrazone groups is 1. The van der Waals surface area contributed by atoms with Crippen LogP contribution in [0.1, 0.15) is 15.9 Å². The van der Waals surface area contributed by atoms with Crippen molar-refractivity contribution in [2.75, 3.05) is 7.11 Å². The quantitative estimate of drug-likeness (QED) is 0.587. The van der Waals surface area contributed by atoms with Crippen LogP contribution in [0.4, 0.5) is 4.39 Å². The molecule has 0 aliphatic rings. The van der Waals surface area contributed by atoms with Crippen LogP contribution in [0.15, 0.2) is 65.8 Å². The lowest BCUT2D eigenvalue weighted by Crippen LogP contribution is -2.18. The van der Waals surface area contributed by atoms with Crippen molar-refractivity contribution in [3.8, 4) is 5.75 Å². The summed E-state index contributed by atoms with van der Waals surface area (Å²) in [5.74, 6) is -0.374. The molecule has 5 heteroatoms. The third kappa shape index (κ3) is 3.41. The summed E-state index contributed by atoms with van der Waals surface area (Å²) in [5.41, 5.74) is 3.10. The van der Waals surface area contributed by atoms with Crippen LogP contribution in [0.3, 0.4) is 0 Å². The van der Waals surface area contributed by atoms with Crippen LogP contribution in [0.25, 0.3) is 10.8 Å². The molecule has 0 saturated heterocycles. The lowest BCUT2D eigenvalue weighted by molar-refractivity contribution is 0.0951.